The number of rotatable bonds is 7. The summed E-state index contributed by atoms with van der Waals surface area (Å²) in [5.74, 6) is 0. The van der Waals surface area contributed by atoms with Crippen LogP contribution in [-0.2, 0) is 21.2 Å². The van der Waals surface area contributed by atoms with Crippen molar-refractivity contribution in [3.63, 3.8) is 0 Å². The summed E-state index contributed by atoms with van der Waals surface area (Å²) in [4.78, 5) is 4.17. The molecule has 0 radical (unpaired) electrons. The van der Waals surface area contributed by atoms with Crippen LogP contribution in [0.1, 0.15) is 25.5 Å². The Morgan fingerprint density at radius 2 is 2.28 bits per heavy atom. The lowest BCUT2D eigenvalue weighted by Crippen LogP contribution is -2.52. The second kappa shape index (κ2) is 7.96. The van der Waals surface area contributed by atoms with Gasteiger partial charge in [0.2, 0.25) is 10.0 Å². The first kappa shape index (κ1) is 20.1. The molecule has 1 atom stereocenters. The molecule has 25 heavy (non-hydrogen) atoms. The van der Waals surface area contributed by atoms with Gasteiger partial charge in [0, 0.05) is 13.7 Å². The van der Waals surface area contributed by atoms with E-state index in [1.807, 2.05) is 6.92 Å². The number of nitrogens with one attached hydrogen (secondary N) is 2. The van der Waals surface area contributed by atoms with Crippen molar-refractivity contribution in [1.29, 1.82) is 0 Å². The number of aryl methyl sites for hydroxylation is 1. The van der Waals surface area contributed by atoms with E-state index < -0.39 is 10.0 Å². The Labute approximate surface area is 153 Å². The minimum atomic E-state index is -3.68. The summed E-state index contributed by atoms with van der Waals surface area (Å²) in [6.07, 6.45) is 3.80. The van der Waals surface area contributed by atoms with Gasteiger partial charge in [-0.25, -0.2) is 18.1 Å². The predicted octanol–water partition coefficient (Wildman–Crippen LogP) is 1.25. The van der Waals surface area contributed by atoms with Crippen molar-refractivity contribution in [1.82, 2.24) is 20.2 Å². The molecule has 0 amide bonds. The second-order valence-electron chi connectivity index (χ2n) is 6.07. The van der Waals surface area contributed by atoms with Crippen LogP contribution in [0.4, 0.5) is 0 Å². The van der Waals surface area contributed by atoms with E-state index in [1.54, 1.807) is 13.2 Å². The fraction of sp³-hybridized carbons (Fsp3) is 0.600. The molecule has 0 saturated carbocycles. The Balaban J connectivity index is 0.00000225. The van der Waals surface area contributed by atoms with Gasteiger partial charge in [0.25, 0.3) is 5.71 Å². The van der Waals surface area contributed by atoms with Gasteiger partial charge in [-0.05, 0) is 31.9 Å². The zero-order valence-electron chi connectivity index (χ0n) is 14.2. The molecular weight excluding hydrogens is 368 g/mol. The molecule has 0 aliphatic carbocycles. The van der Waals surface area contributed by atoms with Crippen LogP contribution in [0.5, 0.6) is 0 Å². The third-order valence-corrected chi connectivity index (χ3v) is 5.75. The van der Waals surface area contributed by atoms with Crippen LogP contribution in [0.15, 0.2) is 21.7 Å². The van der Waals surface area contributed by atoms with Gasteiger partial charge in [-0.2, -0.15) is 0 Å². The van der Waals surface area contributed by atoms with Gasteiger partial charge in [-0.3, -0.25) is 0 Å². The molecule has 1 aliphatic rings. The third-order valence-electron chi connectivity index (χ3n) is 4.38. The quantitative estimate of drug-likeness (QED) is 0.732. The first-order chi connectivity index (χ1) is 11.5. The van der Waals surface area contributed by atoms with E-state index in [-0.39, 0.29) is 29.4 Å². The molecule has 140 valence electrons. The first-order valence-electron chi connectivity index (χ1n) is 7.98. The molecule has 1 fully saturated rings. The van der Waals surface area contributed by atoms with Crippen molar-refractivity contribution < 1.29 is 17.7 Å². The minimum Gasteiger partial charge on any atom is -0.383 e. The molecule has 3 rings (SSSR count). The van der Waals surface area contributed by atoms with Crippen LogP contribution in [0, 0.1) is 0 Å². The van der Waals surface area contributed by atoms with Crippen molar-refractivity contribution >= 4 is 33.5 Å². The fourth-order valence-corrected chi connectivity index (χ4v) is 4.15. The molecule has 2 aromatic rings. The van der Waals surface area contributed by atoms with E-state index in [0.29, 0.717) is 29.8 Å². The van der Waals surface area contributed by atoms with Gasteiger partial charge < -0.3 is 14.6 Å². The summed E-state index contributed by atoms with van der Waals surface area (Å²) in [7, 11) is -2.06. The van der Waals surface area contributed by atoms with Crippen LogP contribution in [0.2, 0.25) is 0 Å². The number of nitrogens with zero attached hydrogens (tertiary/aromatic N) is 2. The summed E-state index contributed by atoms with van der Waals surface area (Å²) in [5.41, 5.74) is 0.687. The van der Waals surface area contributed by atoms with Gasteiger partial charge in [0.1, 0.15) is 4.90 Å². The molecule has 2 aromatic heterocycles. The van der Waals surface area contributed by atoms with E-state index in [2.05, 4.69) is 20.2 Å². The van der Waals surface area contributed by atoms with Crippen LogP contribution in [-0.4, -0.2) is 50.9 Å². The maximum absolute atomic E-state index is 12.6. The highest BCUT2D eigenvalue weighted by molar-refractivity contribution is 7.89. The standard InChI is InChI=1S/C15H22N4O4S.ClH/c1-3-13-12-7-11(8-16-14(12)23-19-13)24(20,21)18-9-15(10-22-2)5-4-6-17-15;/h7-8,17-18H,3-6,9-10H2,1-2H3;1H. The first-order valence-corrected chi connectivity index (χ1v) is 9.46. The highest BCUT2D eigenvalue weighted by Gasteiger charge is 2.35. The smallest absolute Gasteiger partial charge is 0.258 e. The number of aromatic nitrogens is 2. The monoisotopic (exact) mass is 390 g/mol. The normalized spacial score (nSPS) is 20.7. The number of halogens is 1. The van der Waals surface area contributed by atoms with Crippen molar-refractivity contribution in [2.24, 2.45) is 0 Å². The molecule has 3 heterocycles. The van der Waals surface area contributed by atoms with Gasteiger partial charge >= 0.3 is 0 Å². The van der Waals surface area contributed by atoms with Crippen LogP contribution >= 0.6 is 12.4 Å². The summed E-state index contributed by atoms with van der Waals surface area (Å²) in [5, 5.41) is 7.88. The molecule has 2 N–H and O–H groups in total. The minimum absolute atomic E-state index is 0. The lowest BCUT2D eigenvalue weighted by molar-refractivity contribution is 0.122. The lowest BCUT2D eigenvalue weighted by atomic mass is 9.99. The number of hydrogen-bond donors (Lipinski definition) is 2. The van der Waals surface area contributed by atoms with Gasteiger partial charge in [-0.1, -0.05) is 12.1 Å². The van der Waals surface area contributed by atoms with E-state index in [0.717, 1.165) is 19.4 Å². The SMILES string of the molecule is CCc1noc2ncc(S(=O)(=O)NCC3(COC)CCCN3)cc12.Cl. The molecule has 1 saturated heterocycles. The number of ether oxygens (including phenoxy) is 1. The zero-order chi connectivity index (χ0) is 17.2. The van der Waals surface area contributed by atoms with E-state index in [9.17, 15) is 8.42 Å². The lowest BCUT2D eigenvalue weighted by Gasteiger charge is -2.28. The summed E-state index contributed by atoms with van der Waals surface area (Å²) in [6.45, 7) is 3.51. The average Bonchev–Trinajstić information content (AvgIpc) is 3.20. The number of fused-ring (bicyclic) bond motifs is 1. The summed E-state index contributed by atoms with van der Waals surface area (Å²) >= 11 is 0. The summed E-state index contributed by atoms with van der Waals surface area (Å²) < 4.78 is 38.3. The zero-order valence-corrected chi connectivity index (χ0v) is 15.9. The predicted molar refractivity (Wildman–Crippen MR) is 95.5 cm³/mol. The molecular formula is C15H23ClN4O4S. The largest absolute Gasteiger partial charge is 0.383 e. The van der Waals surface area contributed by atoms with Crippen molar-refractivity contribution in [2.75, 3.05) is 26.8 Å². The van der Waals surface area contributed by atoms with Gasteiger partial charge in [0.15, 0.2) is 0 Å². The molecule has 1 aliphatic heterocycles. The Kier molecular flexibility index (Phi) is 6.39. The number of methoxy groups -OCH3 is 1. The van der Waals surface area contributed by atoms with Crippen LogP contribution in [0.3, 0.4) is 0 Å². The van der Waals surface area contributed by atoms with Crippen molar-refractivity contribution in [2.45, 2.75) is 36.6 Å². The van der Waals surface area contributed by atoms with Crippen molar-refractivity contribution in [3.8, 4) is 0 Å². The molecule has 8 nitrogen and oxygen atoms in total. The number of pyridine rings is 1. The number of hydrogen-bond acceptors (Lipinski definition) is 7. The molecule has 1 unspecified atom stereocenters. The highest BCUT2D eigenvalue weighted by Crippen LogP contribution is 2.22. The Morgan fingerprint density at radius 1 is 1.48 bits per heavy atom. The Hall–Kier alpha value is -1.26. The molecule has 0 bridgehead atoms. The highest BCUT2D eigenvalue weighted by atomic mass is 35.5. The molecule has 0 spiro atoms. The van der Waals surface area contributed by atoms with Crippen LogP contribution in [0.25, 0.3) is 11.1 Å². The second-order valence-corrected chi connectivity index (χ2v) is 7.84. The Bertz CT molecular complexity index is 818. The summed E-state index contributed by atoms with van der Waals surface area (Å²) in [6, 6.07) is 1.56. The maximum atomic E-state index is 12.6. The van der Waals surface area contributed by atoms with E-state index >= 15 is 0 Å². The average molecular weight is 391 g/mol. The topological polar surface area (TPSA) is 106 Å². The molecule has 0 aromatic carbocycles. The van der Waals surface area contributed by atoms with E-state index in [4.69, 9.17) is 9.26 Å². The fourth-order valence-electron chi connectivity index (χ4n) is 3.05. The molecule has 10 heteroatoms. The van der Waals surface area contributed by atoms with Gasteiger partial charge in [-0.15, -0.1) is 12.4 Å². The Morgan fingerprint density at radius 3 is 2.92 bits per heavy atom. The van der Waals surface area contributed by atoms with E-state index in [1.165, 1.54) is 6.20 Å². The van der Waals surface area contributed by atoms with Crippen LogP contribution < -0.4 is 10.0 Å². The van der Waals surface area contributed by atoms with Crippen molar-refractivity contribution in [3.05, 3.63) is 18.0 Å². The van der Waals surface area contributed by atoms with Gasteiger partial charge in [0.05, 0.1) is 29.4 Å². The maximum Gasteiger partial charge on any atom is 0.258 e. The number of sulfonamides is 1. The third kappa shape index (κ3) is 4.12.